The Morgan fingerprint density at radius 1 is 1.40 bits per heavy atom. The Morgan fingerprint density at radius 3 is 2.45 bits per heavy atom. The van der Waals surface area contributed by atoms with E-state index in [1.807, 2.05) is 0 Å². The van der Waals surface area contributed by atoms with Gasteiger partial charge in [-0.2, -0.15) is 8.78 Å². The minimum Gasteiger partial charge on any atom is -0.756 e. The second-order valence-corrected chi connectivity index (χ2v) is 5.54. The van der Waals surface area contributed by atoms with E-state index >= 15 is 0 Å². The summed E-state index contributed by atoms with van der Waals surface area (Å²) >= 11 is 0. The average molecular weight is 329 g/mol. The molecule has 0 amide bonds. The molecule has 0 aromatic carbocycles. The Labute approximate surface area is 135 Å². The molecule has 12 heteroatoms. The first-order valence-corrected chi connectivity index (χ1v) is 6.75. The van der Waals surface area contributed by atoms with E-state index in [1.54, 1.807) is 0 Å². The third-order valence-electron chi connectivity index (χ3n) is 3.18. The Balaban J connectivity index is 0.00000180. The standard InChI is InChI=1S/C8H13F2O7P.H3N.Na/c9-8(10)6(12)5(11)4-2-1-3-7(8,16-4)17-18(13,14)15;;/h4-6,11-12H,1-3H2,(H2,13,14,15);1H3;/q;;+1/p-1/t4-,5-,6-,7-;;/m1../s1. The second-order valence-electron chi connectivity index (χ2n) is 4.42. The number of halogens is 2. The van der Waals surface area contributed by atoms with Gasteiger partial charge in [0.2, 0.25) is 5.79 Å². The van der Waals surface area contributed by atoms with Crippen LogP contribution in [0.2, 0.25) is 0 Å². The predicted octanol–water partition coefficient (Wildman–Crippen LogP) is -3.73. The maximum atomic E-state index is 13.9. The summed E-state index contributed by atoms with van der Waals surface area (Å²) in [6.07, 6.45) is -5.78. The monoisotopic (exact) mass is 329 g/mol. The van der Waals surface area contributed by atoms with Crippen molar-refractivity contribution in [3.05, 3.63) is 0 Å². The van der Waals surface area contributed by atoms with Gasteiger partial charge in [0.05, 0.1) is 6.10 Å². The van der Waals surface area contributed by atoms with Gasteiger partial charge in [0.1, 0.15) is 6.10 Å². The van der Waals surface area contributed by atoms with E-state index in [-0.39, 0.29) is 48.5 Å². The number of hydrogen-bond donors (Lipinski definition) is 4. The van der Waals surface area contributed by atoms with Crippen LogP contribution < -0.4 is 40.6 Å². The molecule has 0 aliphatic carbocycles. The first-order chi connectivity index (χ1) is 8.09. The van der Waals surface area contributed by atoms with Crippen molar-refractivity contribution in [1.82, 2.24) is 6.15 Å². The van der Waals surface area contributed by atoms with E-state index in [0.717, 1.165) is 0 Å². The zero-order valence-corrected chi connectivity index (χ0v) is 13.6. The van der Waals surface area contributed by atoms with Crippen molar-refractivity contribution in [2.45, 2.75) is 49.3 Å². The Bertz CT molecular complexity index is 397. The maximum Gasteiger partial charge on any atom is 1.00 e. The molecule has 6 N–H and O–H groups in total. The molecular weight excluding hydrogens is 314 g/mol. The van der Waals surface area contributed by atoms with Crippen LogP contribution in [0.25, 0.3) is 0 Å². The van der Waals surface area contributed by atoms with Gasteiger partial charge in [-0.3, -0.25) is 9.09 Å². The fourth-order valence-electron chi connectivity index (χ4n) is 2.34. The van der Waals surface area contributed by atoms with Gasteiger partial charge in [-0.1, -0.05) is 0 Å². The van der Waals surface area contributed by atoms with Crippen molar-refractivity contribution in [2.24, 2.45) is 0 Å². The molecule has 0 aromatic heterocycles. The number of phosphoric ester groups is 1. The van der Waals surface area contributed by atoms with Crippen LogP contribution in [-0.2, 0) is 13.8 Å². The van der Waals surface area contributed by atoms with Gasteiger partial charge < -0.3 is 30.9 Å². The van der Waals surface area contributed by atoms with Crippen molar-refractivity contribution >= 4 is 7.82 Å². The molecule has 114 valence electrons. The van der Waals surface area contributed by atoms with E-state index in [4.69, 9.17) is 9.63 Å². The number of aliphatic hydroxyl groups is 2. The molecule has 5 atom stereocenters. The average Bonchev–Trinajstić information content (AvgIpc) is 2.23. The van der Waals surface area contributed by atoms with Crippen LogP contribution in [0.1, 0.15) is 19.3 Å². The summed E-state index contributed by atoms with van der Waals surface area (Å²) in [5.41, 5.74) is 0. The molecule has 20 heavy (non-hydrogen) atoms. The minimum absolute atomic E-state index is 0. The minimum atomic E-state index is -5.48. The quantitative estimate of drug-likeness (QED) is 0.298. The van der Waals surface area contributed by atoms with Crippen LogP contribution in [0.4, 0.5) is 8.78 Å². The van der Waals surface area contributed by atoms with Gasteiger partial charge in [0, 0.05) is 6.42 Å². The van der Waals surface area contributed by atoms with Crippen molar-refractivity contribution in [3.63, 3.8) is 0 Å². The van der Waals surface area contributed by atoms with E-state index in [1.165, 1.54) is 0 Å². The van der Waals surface area contributed by atoms with Crippen LogP contribution >= 0.6 is 7.82 Å². The van der Waals surface area contributed by atoms with Crippen LogP contribution in [0.15, 0.2) is 0 Å². The van der Waals surface area contributed by atoms with Crippen molar-refractivity contribution in [3.8, 4) is 0 Å². The summed E-state index contributed by atoms with van der Waals surface area (Å²) in [5.74, 6) is -7.12. The Kier molecular flexibility index (Phi) is 6.77. The van der Waals surface area contributed by atoms with Gasteiger partial charge in [0.15, 0.2) is 6.10 Å². The third-order valence-corrected chi connectivity index (χ3v) is 3.71. The summed E-state index contributed by atoms with van der Waals surface area (Å²) < 4.78 is 47.2. The van der Waals surface area contributed by atoms with E-state index in [2.05, 4.69) is 4.52 Å². The smallest absolute Gasteiger partial charge is 0.756 e. The zero-order chi connectivity index (χ0) is 13.8. The molecule has 0 aromatic rings. The molecule has 8 nitrogen and oxygen atoms in total. The van der Waals surface area contributed by atoms with Gasteiger partial charge in [-0.15, -0.1) is 0 Å². The number of aliphatic hydroxyl groups excluding tert-OH is 2. The fourth-order valence-corrected chi connectivity index (χ4v) is 2.97. The van der Waals surface area contributed by atoms with Crippen molar-refractivity contribution < 1.29 is 72.2 Å². The molecular formula is C8H15F2NNaO7P. The number of fused-ring (bicyclic) bond motifs is 2. The number of rotatable bonds is 2. The first-order valence-electron chi connectivity index (χ1n) is 5.25. The van der Waals surface area contributed by atoms with Gasteiger partial charge >= 0.3 is 35.5 Å². The summed E-state index contributed by atoms with van der Waals surface area (Å²) in [5, 5.41) is 18.8. The number of ether oxygens (including phenoxy) is 1. The Morgan fingerprint density at radius 2 is 1.95 bits per heavy atom. The molecule has 0 spiro atoms. The number of phosphoric acid groups is 1. The van der Waals surface area contributed by atoms with E-state index in [0.29, 0.717) is 0 Å². The zero-order valence-electron chi connectivity index (χ0n) is 10.7. The van der Waals surface area contributed by atoms with Gasteiger partial charge in [-0.05, 0) is 12.8 Å². The van der Waals surface area contributed by atoms with Crippen LogP contribution in [0.5, 0.6) is 0 Å². The van der Waals surface area contributed by atoms with Crippen molar-refractivity contribution in [1.29, 1.82) is 0 Å². The molecule has 2 heterocycles. The van der Waals surface area contributed by atoms with E-state index < -0.39 is 44.3 Å². The number of hydrogen-bond acceptors (Lipinski definition) is 7. The van der Waals surface area contributed by atoms with Crippen molar-refractivity contribution in [2.75, 3.05) is 0 Å². The normalized spacial score (nSPS) is 41.8. The maximum absolute atomic E-state index is 13.9. The van der Waals surface area contributed by atoms with Gasteiger partial charge in [-0.25, -0.2) is 0 Å². The fraction of sp³-hybridized carbons (Fsp3) is 1.00. The molecule has 2 saturated heterocycles. The molecule has 2 fully saturated rings. The summed E-state index contributed by atoms with van der Waals surface area (Å²) in [6.45, 7) is 0. The number of alkyl halides is 2. The molecule has 2 aliphatic heterocycles. The van der Waals surface area contributed by atoms with Crippen LogP contribution in [-0.4, -0.2) is 45.1 Å². The SMILES string of the molecule is N.O=P([O-])(O)O[C@@]12CCC[C@@H](O1)[C@@H](O)[C@@H](O)C2(F)F.[Na+]. The summed E-state index contributed by atoms with van der Waals surface area (Å²) in [4.78, 5) is 19.3. The summed E-state index contributed by atoms with van der Waals surface area (Å²) in [7, 11) is -5.48. The molecule has 2 bridgehead atoms. The molecule has 2 aliphatic rings. The van der Waals surface area contributed by atoms with Crippen LogP contribution in [0, 0.1) is 0 Å². The Hall–Kier alpha value is 0.810. The molecule has 0 radical (unpaired) electrons. The van der Waals surface area contributed by atoms with Crippen LogP contribution in [0.3, 0.4) is 0 Å². The summed E-state index contributed by atoms with van der Waals surface area (Å²) in [6, 6.07) is 0. The molecule has 2 rings (SSSR count). The first kappa shape index (κ1) is 20.8. The largest absolute Gasteiger partial charge is 1.00 e. The molecule has 1 unspecified atom stereocenters. The molecule has 0 saturated carbocycles. The van der Waals surface area contributed by atoms with E-state index in [9.17, 15) is 28.5 Å². The third kappa shape index (κ3) is 3.41. The predicted molar refractivity (Wildman–Crippen MR) is 54.3 cm³/mol. The topological polar surface area (TPSA) is 154 Å². The second kappa shape index (κ2) is 6.51. The van der Waals surface area contributed by atoms with Gasteiger partial charge in [0.25, 0.3) is 7.82 Å².